The van der Waals surface area contributed by atoms with Crippen molar-refractivity contribution in [2.45, 2.75) is 24.7 Å². The van der Waals surface area contributed by atoms with Gasteiger partial charge in [-0.3, -0.25) is 4.79 Å². The van der Waals surface area contributed by atoms with E-state index in [1.54, 1.807) is 28.8 Å². The van der Waals surface area contributed by atoms with Crippen molar-refractivity contribution in [1.29, 1.82) is 0 Å². The van der Waals surface area contributed by atoms with Crippen LogP contribution in [-0.2, 0) is 21.9 Å². The minimum Gasteiger partial charge on any atom is -0.494 e. The maximum atomic E-state index is 12.8. The number of carbonyl (C=O) groups excluding carboxylic acids is 1. The average molecular weight is 410 g/mol. The summed E-state index contributed by atoms with van der Waals surface area (Å²) < 4.78 is 34.2. The smallest absolute Gasteiger partial charge is 0.251 e. The van der Waals surface area contributed by atoms with E-state index in [0.717, 1.165) is 0 Å². The first-order chi connectivity index (χ1) is 12.9. The van der Waals surface area contributed by atoms with Crippen molar-refractivity contribution in [3.05, 3.63) is 40.6 Å². The monoisotopic (exact) mass is 409 g/mol. The lowest BCUT2D eigenvalue weighted by molar-refractivity contribution is -0.122. The average Bonchev–Trinajstić information content (AvgIpc) is 3.07. The third-order valence-corrected chi connectivity index (χ3v) is 7.30. The van der Waals surface area contributed by atoms with Gasteiger partial charge in [0, 0.05) is 37.6 Å². The predicted octanol–water partition coefficient (Wildman–Crippen LogP) is 2.01. The second kappa shape index (κ2) is 8.37. The Bertz CT molecular complexity index is 953. The van der Waals surface area contributed by atoms with E-state index in [-0.39, 0.29) is 16.7 Å². The normalized spacial score (nSPS) is 17.2. The van der Waals surface area contributed by atoms with E-state index in [2.05, 4.69) is 4.99 Å². The fourth-order valence-electron chi connectivity index (χ4n) is 2.99. The fraction of sp³-hybridized carbons (Fsp3) is 0.444. The largest absolute Gasteiger partial charge is 0.494 e. The first kappa shape index (κ1) is 19.8. The van der Waals surface area contributed by atoms with Gasteiger partial charge >= 0.3 is 0 Å². The van der Waals surface area contributed by atoms with Crippen molar-refractivity contribution in [2.24, 2.45) is 18.0 Å². The van der Waals surface area contributed by atoms with Crippen molar-refractivity contribution in [1.82, 2.24) is 8.87 Å². The van der Waals surface area contributed by atoms with Gasteiger partial charge in [0.1, 0.15) is 5.75 Å². The van der Waals surface area contributed by atoms with Crippen molar-refractivity contribution >= 4 is 27.3 Å². The SMILES string of the molecule is CCOc1ccc(S(=O)(=O)N2CCC(C(=O)N=c3sccn3C)CC2)cc1. The Morgan fingerprint density at radius 2 is 1.93 bits per heavy atom. The molecular formula is C18H23N3O4S2. The Balaban J connectivity index is 1.66. The van der Waals surface area contributed by atoms with Crippen LogP contribution in [0.1, 0.15) is 19.8 Å². The minimum atomic E-state index is -3.57. The molecule has 1 fully saturated rings. The van der Waals surface area contributed by atoms with Crippen molar-refractivity contribution in [3.8, 4) is 5.75 Å². The quantitative estimate of drug-likeness (QED) is 0.757. The number of hydrogen-bond donors (Lipinski definition) is 0. The van der Waals surface area contributed by atoms with E-state index in [0.29, 0.717) is 43.1 Å². The number of nitrogens with zero attached hydrogens (tertiary/aromatic N) is 3. The summed E-state index contributed by atoms with van der Waals surface area (Å²) in [5.41, 5.74) is 0. The number of ether oxygens (including phenoxy) is 1. The zero-order chi connectivity index (χ0) is 19.4. The van der Waals surface area contributed by atoms with Crippen LogP contribution >= 0.6 is 11.3 Å². The lowest BCUT2D eigenvalue weighted by atomic mass is 9.98. The molecule has 1 saturated heterocycles. The molecule has 0 aliphatic carbocycles. The molecule has 2 aromatic rings. The molecule has 0 bridgehead atoms. The Morgan fingerprint density at radius 1 is 1.26 bits per heavy atom. The van der Waals surface area contributed by atoms with Gasteiger partial charge in [-0.15, -0.1) is 11.3 Å². The van der Waals surface area contributed by atoms with Gasteiger partial charge in [-0.25, -0.2) is 8.42 Å². The standard InChI is InChI=1S/C18H23N3O4S2/c1-3-25-15-4-6-16(7-5-15)27(23,24)21-10-8-14(9-11-21)17(22)19-18-20(2)12-13-26-18/h4-7,12-14H,3,8-11H2,1-2H3. The molecular weight excluding hydrogens is 386 g/mol. The number of thiazole rings is 1. The van der Waals surface area contributed by atoms with Crippen LogP contribution in [0.2, 0.25) is 0 Å². The molecule has 1 aromatic heterocycles. The number of sulfonamides is 1. The van der Waals surface area contributed by atoms with E-state index in [1.165, 1.54) is 15.6 Å². The highest BCUT2D eigenvalue weighted by Gasteiger charge is 2.32. The maximum Gasteiger partial charge on any atom is 0.251 e. The van der Waals surface area contributed by atoms with Crippen molar-refractivity contribution < 1.29 is 17.9 Å². The molecule has 0 N–H and O–H groups in total. The van der Waals surface area contributed by atoms with Crippen LogP contribution in [0.4, 0.5) is 0 Å². The van der Waals surface area contributed by atoms with Gasteiger partial charge in [0.2, 0.25) is 10.0 Å². The topological polar surface area (TPSA) is 81.0 Å². The molecule has 9 heteroatoms. The van der Waals surface area contributed by atoms with Crippen LogP contribution in [0.15, 0.2) is 45.7 Å². The zero-order valence-electron chi connectivity index (χ0n) is 15.4. The molecule has 0 unspecified atom stereocenters. The third-order valence-electron chi connectivity index (χ3n) is 4.54. The fourth-order valence-corrected chi connectivity index (χ4v) is 5.19. The molecule has 146 valence electrons. The second-order valence-corrected chi connectivity index (χ2v) is 9.14. The lowest BCUT2D eigenvalue weighted by Gasteiger charge is -2.29. The summed E-state index contributed by atoms with van der Waals surface area (Å²) in [5, 5.41) is 1.87. The lowest BCUT2D eigenvalue weighted by Crippen LogP contribution is -2.40. The summed E-state index contributed by atoms with van der Waals surface area (Å²) in [5.74, 6) is 0.231. The van der Waals surface area contributed by atoms with E-state index in [9.17, 15) is 13.2 Å². The van der Waals surface area contributed by atoms with Gasteiger partial charge in [0.15, 0.2) is 4.80 Å². The third kappa shape index (κ3) is 4.48. The van der Waals surface area contributed by atoms with Crippen LogP contribution in [0.3, 0.4) is 0 Å². The molecule has 1 aromatic carbocycles. The number of piperidine rings is 1. The van der Waals surface area contributed by atoms with E-state index < -0.39 is 10.0 Å². The Kier molecular flexibility index (Phi) is 6.13. The van der Waals surface area contributed by atoms with Crippen molar-refractivity contribution in [3.63, 3.8) is 0 Å². The molecule has 0 spiro atoms. The van der Waals surface area contributed by atoms with Gasteiger partial charge in [0.25, 0.3) is 5.91 Å². The predicted molar refractivity (Wildman–Crippen MR) is 103 cm³/mol. The first-order valence-corrected chi connectivity index (χ1v) is 11.2. The Morgan fingerprint density at radius 3 is 2.48 bits per heavy atom. The summed E-state index contributed by atoms with van der Waals surface area (Å²) >= 11 is 1.41. The summed E-state index contributed by atoms with van der Waals surface area (Å²) in [6.07, 6.45) is 2.81. The maximum absolute atomic E-state index is 12.8. The molecule has 2 heterocycles. The molecule has 3 rings (SSSR count). The number of aryl methyl sites for hydroxylation is 1. The summed E-state index contributed by atoms with van der Waals surface area (Å²) in [6.45, 7) is 3.04. The molecule has 1 amide bonds. The first-order valence-electron chi connectivity index (χ1n) is 8.83. The molecule has 27 heavy (non-hydrogen) atoms. The highest BCUT2D eigenvalue weighted by Crippen LogP contribution is 2.25. The highest BCUT2D eigenvalue weighted by molar-refractivity contribution is 7.89. The molecule has 1 aliphatic heterocycles. The number of benzene rings is 1. The second-order valence-electron chi connectivity index (χ2n) is 6.33. The zero-order valence-corrected chi connectivity index (χ0v) is 17.0. The summed E-state index contributed by atoms with van der Waals surface area (Å²) in [4.78, 5) is 17.5. The summed E-state index contributed by atoms with van der Waals surface area (Å²) in [6, 6.07) is 6.44. The van der Waals surface area contributed by atoms with E-state index >= 15 is 0 Å². The number of aromatic nitrogens is 1. The molecule has 0 saturated carbocycles. The summed E-state index contributed by atoms with van der Waals surface area (Å²) in [7, 11) is -1.72. The molecule has 1 aliphatic rings. The molecule has 0 atom stereocenters. The Hall–Kier alpha value is -1.97. The number of carbonyl (C=O) groups is 1. The highest BCUT2D eigenvalue weighted by atomic mass is 32.2. The van der Waals surface area contributed by atoms with Crippen LogP contribution in [0.5, 0.6) is 5.75 Å². The van der Waals surface area contributed by atoms with Crippen LogP contribution in [0, 0.1) is 5.92 Å². The van der Waals surface area contributed by atoms with Gasteiger partial charge in [-0.2, -0.15) is 9.30 Å². The van der Waals surface area contributed by atoms with Gasteiger partial charge in [-0.1, -0.05) is 0 Å². The van der Waals surface area contributed by atoms with Gasteiger partial charge in [0.05, 0.1) is 11.5 Å². The number of amides is 1. The minimum absolute atomic E-state index is 0.175. The van der Waals surface area contributed by atoms with Crippen LogP contribution in [0.25, 0.3) is 0 Å². The van der Waals surface area contributed by atoms with Gasteiger partial charge in [-0.05, 0) is 44.0 Å². The number of hydrogen-bond acceptors (Lipinski definition) is 5. The van der Waals surface area contributed by atoms with Gasteiger partial charge < -0.3 is 9.30 Å². The van der Waals surface area contributed by atoms with E-state index in [1.807, 2.05) is 25.5 Å². The molecule has 0 radical (unpaired) electrons. The molecule has 7 nitrogen and oxygen atoms in total. The number of rotatable bonds is 5. The van der Waals surface area contributed by atoms with Crippen LogP contribution in [-0.4, -0.2) is 42.9 Å². The van der Waals surface area contributed by atoms with Crippen molar-refractivity contribution in [2.75, 3.05) is 19.7 Å². The van der Waals surface area contributed by atoms with Crippen LogP contribution < -0.4 is 9.54 Å². The van der Waals surface area contributed by atoms with E-state index in [4.69, 9.17) is 4.74 Å². The Labute approximate surface area is 163 Å².